The molecule has 6 nitrogen and oxygen atoms in total. The van der Waals surface area contributed by atoms with Gasteiger partial charge in [-0.15, -0.1) is 0 Å². The van der Waals surface area contributed by atoms with Gasteiger partial charge in [0.15, 0.2) is 5.16 Å². The van der Waals surface area contributed by atoms with Gasteiger partial charge < -0.3 is 10.5 Å². The minimum absolute atomic E-state index is 0.229. The first-order valence-electron chi connectivity index (χ1n) is 9.25. The zero-order chi connectivity index (χ0) is 21.1. The van der Waals surface area contributed by atoms with Gasteiger partial charge in [0.1, 0.15) is 11.0 Å². The maximum Gasteiger partial charge on any atom is 0.266 e. The summed E-state index contributed by atoms with van der Waals surface area (Å²) in [5.41, 5.74) is 7.37. The predicted molar refractivity (Wildman–Crippen MR) is 118 cm³/mol. The van der Waals surface area contributed by atoms with Gasteiger partial charge in [-0.25, -0.2) is 4.98 Å². The molecule has 2 N–H and O–H groups in total. The topological polar surface area (TPSA) is 87.2 Å². The fraction of sp³-hybridized carbons (Fsp3) is 0.0870. The van der Waals surface area contributed by atoms with Crippen LogP contribution in [0, 0.1) is 0 Å². The van der Waals surface area contributed by atoms with Crippen LogP contribution in [-0.4, -0.2) is 22.6 Å². The summed E-state index contributed by atoms with van der Waals surface area (Å²) in [5, 5.41) is 0.163. The number of hydrogen-bond acceptors (Lipinski definition) is 5. The number of primary amides is 1. The zero-order valence-corrected chi connectivity index (χ0v) is 17.0. The molecule has 0 aliphatic carbocycles. The van der Waals surface area contributed by atoms with Crippen molar-refractivity contribution in [1.29, 1.82) is 0 Å². The van der Waals surface area contributed by atoms with E-state index in [9.17, 15) is 9.59 Å². The highest BCUT2D eigenvalue weighted by atomic mass is 32.2. The van der Waals surface area contributed by atoms with Gasteiger partial charge in [-0.1, -0.05) is 60.3 Å². The van der Waals surface area contributed by atoms with Crippen molar-refractivity contribution in [3.05, 3.63) is 94.8 Å². The summed E-state index contributed by atoms with van der Waals surface area (Å²) in [5.74, 6) is 0.101. The Labute approximate surface area is 177 Å². The Kier molecular flexibility index (Phi) is 5.54. The van der Waals surface area contributed by atoms with Crippen molar-refractivity contribution in [2.45, 2.75) is 10.4 Å². The first-order chi connectivity index (χ1) is 14.6. The van der Waals surface area contributed by atoms with E-state index in [0.29, 0.717) is 27.5 Å². The van der Waals surface area contributed by atoms with Crippen LogP contribution in [0.15, 0.2) is 88.8 Å². The number of carbonyl (C=O) groups is 1. The van der Waals surface area contributed by atoms with E-state index in [2.05, 4.69) is 0 Å². The summed E-state index contributed by atoms with van der Waals surface area (Å²) >= 11 is 1.15. The molecule has 0 aliphatic rings. The summed E-state index contributed by atoms with van der Waals surface area (Å²) in [4.78, 5) is 30.4. The number of amides is 1. The number of aromatic nitrogens is 2. The number of ether oxygens (including phenoxy) is 1. The van der Waals surface area contributed by atoms with Gasteiger partial charge in [0.05, 0.1) is 23.7 Å². The number of nitrogens with two attached hydrogens (primary N) is 1. The van der Waals surface area contributed by atoms with Crippen molar-refractivity contribution >= 4 is 28.6 Å². The minimum atomic E-state index is -0.698. The molecule has 7 heteroatoms. The number of thioether (sulfide) groups is 1. The largest absolute Gasteiger partial charge is 0.497 e. The van der Waals surface area contributed by atoms with Crippen LogP contribution in [0.25, 0.3) is 16.6 Å². The Morgan fingerprint density at radius 3 is 2.50 bits per heavy atom. The fourth-order valence-corrected chi connectivity index (χ4v) is 4.26. The van der Waals surface area contributed by atoms with Crippen LogP contribution in [0.3, 0.4) is 0 Å². The normalized spacial score (nSPS) is 11.9. The number of benzene rings is 3. The second-order valence-electron chi connectivity index (χ2n) is 6.56. The SMILES string of the molecule is COc1cccc(-n2c(SC(C(N)=O)c3ccccc3)nc3ccccc3c2=O)c1. The van der Waals surface area contributed by atoms with Crippen molar-refractivity contribution in [2.24, 2.45) is 5.73 Å². The smallest absolute Gasteiger partial charge is 0.266 e. The molecule has 4 rings (SSSR count). The molecule has 0 bridgehead atoms. The Balaban J connectivity index is 1.93. The fourth-order valence-electron chi connectivity index (χ4n) is 3.19. The van der Waals surface area contributed by atoms with Gasteiger partial charge >= 0.3 is 0 Å². The summed E-state index contributed by atoms with van der Waals surface area (Å²) < 4.78 is 6.81. The molecule has 0 aliphatic heterocycles. The third-order valence-corrected chi connectivity index (χ3v) is 5.87. The number of hydrogen-bond donors (Lipinski definition) is 1. The second kappa shape index (κ2) is 8.42. The average molecular weight is 417 g/mol. The van der Waals surface area contributed by atoms with Crippen LogP contribution in [0.4, 0.5) is 0 Å². The third-order valence-electron chi connectivity index (χ3n) is 4.64. The van der Waals surface area contributed by atoms with E-state index in [1.165, 1.54) is 4.57 Å². The maximum atomic E-state index is 13.4. The molecule has 0 saturated heterocycles. The number of carbonyl (C=O) groups excluding carboxylic acids is 1. The maximum absolute atomic E-state index is 13.4. The number of rotatable bonds is 6. The Hall–Kier alpha value is -3.58. The highest BCUT2D eigenvalue weighted by Gasteiger charge is 2.23. The highest BCUT2D eigenvalue weighted by molar-refractivity contribution is 8.00. The molecule has 0 radical (unpaired) electrons. The van der Waals surface area contributed by atoms with Crippen LogP contribution in [0.2, 0.25) is 0 Å². The molecule has 1 unspecified atom stereocenters. The van der Waals surface area contributed by atoms with Crippen LogP contribution < -0.4 is 16.0 Å². The van der Waals surface area contributed by atoms with E-state index in [1.54, 1.807) is 49.6 Å². The molecule has 1 aromatic heterocycles. The molecule has 1 amide bonds. The summed E-state index contributed by atoms with van der Waals surface area (Å²) in [6, 6.07) is 23.5. The first-order valence-corrected chi connectivity index (χ1v) is 10.1. The molecule has 1 atom stereocenters. The van der Waals surface area contributed by atoms with Crippen molar-refractivity contribution in [3.8, 4) is 11.4 Å². The van der Waals surface area contributed by atoms with Gasteiger partial charge in [-0.05, 0) is 29.8 Å². The van der Waals surface area contributed by atoms with E-state index in [1.807, 2.05) is 36.4 Å². The van der Waals surface area contributed by atoms with E-state index in [0.717, 1.165) is 17.3 Å². The number of methoxy groups -OCH3 is 1. The van der Waals surface area contributed by atoms with Crippen molar-refractivity contribution < 1.29 is 9.53 Å². The molecule has 0 spiro atoms. The number of fused-ring (bicyclic) bond motifs is 1. The zero-order valence-electron chi connectivity index (χ0n) is 16.2. The van der Waals surface area contributed by atoms with Crippen molar-refractivity contribution in [1.82, 2.24) is 9.55 Å². The second-order valence-corrected chi connectivity index (χ2v) is 7.64. The predicted octanol–water partition coefficient (Wildman–Crippen LogP) is 3.71. The van der Waals surface area contributed by atoms with Gasteiger partial charge in [-0.2, -0.15) is 0 Å². The summed E-state index contributed by atoms with van der Waals surface area (Å²) in [7, 11) is 1.56. The molecule has 150 valence electrons. The van der Waals surface area contributed by atoms with E-state index < -0.39 is 11.2 Å². The lowest BCUT2D eigenvalue weighted by molar-refractivity contribution is -0.117. The van der Waals surface area contributed by atoms with E-state index in [4.69, 9.17) is 15.5 Å². The Morgan fingerprint density at radius 2 is 1.77 bits per heavy atom. The summed E-state index contributed by atoms with van der Waals surface area (Å²) in [6.45, 7) is 0. The lowest BCUT2D eigenvalue weighted by Crippen LogP contribution is -2.24. The molecule has 1 heterocycles. The molecule has 30 heavy (non-hydrogen) atoms. The Morgan fingerprint density at radius 1 is 1.03 bits per heavy atom. The lowest BCUT2D eigenvalue weighted by Gasteiger charge is -2.18. The molecule has 4 aromatic rings. The van der Waals surface area contributed by atoms with Crippen molar-refractivity contribution in [3.63, 3.8) is 0 Å². The van der Waals surface area contributed by atoms with E-state index >= 15 is 0 Å². The standard InChI is InChI=1S/C23H19N3O3S/c1-29-17-11-7-10-16(14-17)26-22(28)18-12-5-6-13-19(18)25-23(26)30-20(21(24)27)15-8-3-2-4-9-15/h2-14,20H,1H3,(H2,24,27). The van der Waals surface area contributed by atoms with Crippen LogP contribution in [0.1, 0.15) is 10.8 Å². The highest BCUT2D eigenvalue weighted by Crippen LogP contribution is 2.35. The van der Waals surface area contributed by atoms with E-state index in [-0.39, 0.29) is 5.56 Å². The van der Waals surface area contributed by atoms with Gasteiger partial charge in [-0.3, -0.25) is 14.2 Å². The minimum Gasteiger partial charge on any atom is -0.497 e. The quantitative estimate of drug-likeness (QED) is 0.382. The lowest BCUT2D eigenvalue weighted by atomic mass is 10.1. The number of nitrogens with zero attached hydrogens (tertiary/aromatic N) is 2. The third kappa shape index (κ3) is 3.79. The summed E-state index contributed by atoms with van der Waals surface area (Å²) in [6.07, 6.45) is 0. The van der Waals surface area contributed by atoms with Crippen LogP contribution in [0.5, 0.6) is 5.75 Å². The van der Waals surface area contributed by atoms with Crippen molar-refractivity contribution in [2.75, 3.05) is 7.11 Å². The van der Waals surface area contributed by atoms with Crippen LogP contribution in [-0.2, 0) is 4.79 Å². The molecule has 0 fully saturated rings. The van der Waals surface area contributed by atoms with Crippen LogP contribution >= 0.6 is 11.8 Å². The first kappa shape index (κ1) is 19.7. The molecule has 3 aromatic carbocycles. The van der Waals surface area contributed by atoms with Gasteiger partial charge in [0.25, 0.3) is 5.56 Å². The number of para-hydroxylation sites is 1. The molecule has 0 saturated carbocycles. The molecular formula is C23H19N3O3S. The van der Waals surface area contributed by atoms with Gasteiger partial charge in [0, 0.05) is 6.07 Å². The molecular weight excluding hydrogens is 398 g/mol. The monoisotopic (exact) mass is 417 g/mol. The van der Waals surface area contributed by atoms with Gasteiger partial charge in [0.2, 0.25) is 5.91 Å². The Bertz CT molecular complexity index is 1270. The average Bonchev–Trinajstić information content (AvgIpc) is 2.78.